The van der Waals surface area contributed by atoms with Crippen molar-refractivity contribution in [1.82, 2.24) is 14.9 Å². The summed E-state index contributed by atoms with van der Waals surface area (Å²) in [6, 6.07) is 12.2. The minimum absolute atomic E-state index is 0.135. The standard InChI is InChI=1S/C23H25FN4O2/c24-16-5-6-20-19(15-16)23(26-22(25-20)18-3-1-2-4-21(18)29)28-9-7-17(8-10-28)27-11-13-30-14-12-27/h1-6,15,17,29H,7-14H2. The number of ether oxygens (including phenoxy) is 1. The summed E-state index contributed by atoms with van der Waals surface area (Å²) in [7, 11) is 0. The maximum Gasteiger partial charge on any atom is 0.165 e. The summed E-state index contributed by atoms with van der Waals surface area (Å²) in [6.07, 6.45) is 2.07. The highest BCUT2D eigenvalue weighted by Crippen LogP contribution is 2.33. The van der Waals surface area contributed by atoms with Crippen LogP contribution in [0, 0.1) is 5.82 Å². The highest BCUT2D eigenvalue weighted by molar-refractivity contribution is 5.91. The predicted molar refractivity (Wildman–Crippen MR) is 114 cm³/mol. The molecule has 3 aromatic rings. The number of aromatic hydroxyl groups is 1. The first-order valence-corrected chi connectivity index (χ1v) is 10.5. The molecule has 156 valence electrons. The van der Waals surface area contributed by atoms with Crippen LogP contribution in [0.1, 0.15) is 12.8 Å². The monoisotopic (exact) mass is 408 g/mol. The van der Waals surface area contributed by atoms with Crippen LogP contribution in [0.15, 0.2) is 42.5 Å². The van der Waals surface area contributed by atoms with Crippen LogP contribution in [0.5, 0.6) is 5.75 Å². The number of anilines is 1. The highest BCUT2D eigenvalue weighted by Gasteiger charge is 2.27. The average molecular weight is 408 g/mol. The van der Waals surface area contributed by atoms with Gasteiger partial charge in [-0.15, -0.1) is 0 Å². The minimum Gasteiger partial charge on any atom is -0.507 e. The van der Waals surface area contributed by atoms with Gasteiger partial charge in [0.25, 0.3) is 0 Å². The van der Waals surface area contributed by atoms with Gasteiger partial charge in [-0.05, 0) is 43.2 Å². The molecule has 0 spiro atoms. The fourth-order valence-corrected chi connectivity index (χ4v) is 4.49. The first kappa shape index (κ1) is 19.2. The summed E-state index contributed by atoms with van der Waals surface area (Å²) in [6.45, 7) is 5.29. The zero-order valence-corrected chi connectivity index (χ0v) is 16.8. The van der Waals surface area contributed by atoms with Crippen molar-refractivity contribution in [3.63, 3.8) is 0 Å². The van der Waals surface area contributed by atoms with Crippen molar-refractivity contribution < 1.29 is 14.2 Å². The second-order valence-corrected chi connectivity index (χ2v) is 7.92. The zero-order valence-electron chi connectivity index (χ0n) is 16.8. The maximum absolute atomic E-state index is 14.0. The number of morpholine rings is 1. The SMILES string of the molecule is Oc1ccccc1-c1nc(N2CCC(N3CCOCC3)CC2)c2cc(F)ccc2n1. The molecule has 0 bridgehead atoms. The van der Waals surface area contributed by atoms with Crippen molar-refractivity contribution >= 4 is 16.7 Å². The van der Waals surface area contributed by atoms with E-state index in [-0.39, 0.29) is 11.6 Å². The van der Waals surface area contributed by atoms with Crippen molar-refractivity contribution in [2.45, 2.75) is 18.9 Å². The number of halogens is 1. The Balaban J connectivity index is 1.48. The number of aromatic nitrogens is 2. The van der Waals surface area contributed by atoms with E-state index in [1.807, 2.05) is 6.07 Å². The summed E-state index contributed by atoms with van der Waals surface area (Å²) in [5, 5.41) is 11.0. The molecule has 2 aliphatic heterocycles. The van der Waals surface area contributed by atoms with E-state index >= 15 is 0 Å². The smallest absolute Gasteiger partial charge is 0.165 e. The summed E-state index contributed by atoms with van der Waals surface area (Å²) in [4.78, 5) is 14.1. The Hall–Kier alpha value is -2.77. The van der Waals surface area contributed by atoms with Crippen LogP contribution < -0.4 is 4.90 Å². The van der Waals surface area contributed by atoms with Gasteiger partial charge >= 0.3 is 0 Å². The zero-order chi connectivity index (χ0) is 20.5. The van der Waals surface area contributed by atoms with E-state index in [0.717, 1.165) is 58.1 Å². The van der Waals surface area contributed by atoms with Gasteiger partial charge in [0.05, 0.1) is 24.3 Å². The van der Waals surface area contributed by atoms with Crippen LogP contribution in [0.2, 0.25) is 0 Å². The van der Waals surface area contributed by atoms with E-state index in [4.69, 9.17) is 9.72 Å². The first-order chi connectivity index (χ1) is 14.7. The summed E-state index contributed by atoms with van der Waals surface area (Å²) < 4.78 is 19.5. The average Bonchev–Trinajstić information content (AvgIpc) is 2.79. The van der Waals surface area contributed by atoms with Crippen LogP contribution in [0.25, 0.3) is 22.3 Å². The molecule has 0 amide bonds. The first-order valence-electron chi connectivity index (χ1n) is 10.5. The summed E-state index contributed by atoms with van der Waals surface area (Å²) in [5.74, 6) is 1.03. The lowest BCUT2D eigenvalue weighted by atomic mass is 10.0. The molecule has 1 aromatic heterocycles. The molecule has 2 aliphatic rings. The number of nitrogens with zero attached hydrogens (tertiary/aromatic N) is 4. The largest absolute Gasteiger partial charge is 0.507 e. The van der Waals surface area contributed by atoms with Crippen molar-refractivity contribution in [1.29, 1.82) is 0 Å². The molecule has 1 N–H and O–H groups in total. The Bertz CT molecular complexity index is 1050. The van der Waals surface area contributed by atoms with Crippen molar-refractivity contribution in [3.05, 3.63) is 48.3 Å². The van der Waals surface area contributed by atoms with Crippen LogP contribution >= 0.6 is 0 Å². The van der Waals surface area contributed by atoms with Crippen molar-refractivity contribution in [2.75, 3.05) is 44.3 Å². The lowest BCUT2D eigenvalue weighted by molar-refractivity contribution is 0.0115. The van der Waals surface area contributed by atoms with Gasteiger partial charge in [-0.25, -0.2) is 14.4 Å². The Kier molecular flexibility index (Phi) is 5.23. The fourth-order valence-electron chi connectivity index (χ4n) is 4.49. The van der Waals surface area contributed by atoms with E-state index in [0.29, 0.717) is 28.3 Å². The lowest BCUT2D eigenvalue weighted by Crippen LogP contribution is -2.49. The minimum atomic E-state index is -0.300. The van der Waals surface area contributed by atoms with Crippen LogP contribution in [0.4, 0.5) is 10.2 Å². The number of rotatable bonds is 3. The molecule has 5 rings (SSSR count). The van der Waals surface area contributed by atoms with E-state index < -0.39 is 0 Å². The van der Waals surface area contributed by atoms with Gasteiger partial charge in [0, 0.05) is 37.6 Å². The molecular formula is C23H25FN4O2. The third-order valence-electron chi connectivity index (χ3n) is 6.11. The fraction of sp³-hybridized carbons (Fsp3) is 0.391. The van der Waals surface area contributed by atoms with Gasteiger partial charge in [0.1, 0.15) is 17.4 Å². The predicted octanol–water partition coefficient (Wildman–Crippen LogP) is 3.44. The van der Waals surface area contributed by atoms with E-state index in [9.17, 15) is 9.50 Å². The van der Waals surface area contributed by atoms with Gasteiger partial charge in [-0.1, -0.05) is 12.1 Å². The number of piperidine rings is 1. The number of para-hydroxylation sites is 1. The molecule has 0 radical (unpaired) electrons. The Morgan fingerprint density at radius 2 is 1.73 bits per heavy atom. The second kappa shape index (κ2) is 8.16. The van der Waals surface area contributed by atoms with E-state index in [2.05, 4.69) is 14.8 Å². The number of hydrogen-bond acceptors (Lipinski definition) is 6. The Labute approximate surface area is 174 Å². The summed E-state index contributed by atoms with van der Waals surface area (Å²) in [5.41, 5.74) is 1.25. The lowest BCUT2D eigenvalue weighted by Gasteiger charge is -2.40. The topological polar surface area (TPSA) is 61.7 Å². The van der Waals surface area contributed by atoms with Gasteiger partial charge in [0.2, 0.25) is 0 Å². The van der Waals surface area contributed by atoms with Gasteiger partial charge in [-0.2, -0.15) is 0 Å². The maximum atomic E-state index is 14.0. The molecule has 7 heteroatoms. The number of hydrogen-bond donors (Lipinski definition) is 1. The molecule has 2 aromatic carbocycles. The van der Waals surface area contributed by atoms with Gasteiger partial charge in [-0.3, -0.25) is 4.90 Å². The quantitative estimate of drug-likeness (QED) is 0.716. The molecule has 6 nitrogen and oxygen atoms in total. The normalized spacial score (nSPS) is 18.8. The molecule has 0 atom stereocenters. The van der Waals surface area contributed by atoms with E-state index in [1.165, 1.54) is 12.1 Å². The molecular weight excluding hydrogens is 383 g/mol. The van der Waals surface area contributed by atoms with E-state index in [1.54, 1.807) is 24.3 Å². The van der Waals surface area contributed by atoms with Crippen molar-refractivity contribution in [3.8, 4) is 17.1 Å². The number of phenolic OH excluding ortho intramolecular Hbond substituents is 1. The van der Waals surface area contributed by atoms with Crippen LogP contribution in [-0.4, -0.2) is 65.4 Å². The molecule has 3 heterocycles. The van der Waals surface area contributed by atoms with Crippen LogP contribution in [0.3, 0.4) is 0 Å². The highest BCUT2D eigenvalue weighted by atomic mass is 19.1. The Morgan fingerprint density at radius 1 is 0.967 bits per heavy atom. The Morgan fingerprint density at radius 3 is 2.50 bits per heavy atom. The number of benzene rings is 2. The second-order valence-electron chi connectivity index (χ2n) is 7.92. The third-order valence-corrected chi connectivity index (χ3v) is 6.11. The van der Waals surface area contributed by atoms with Crippen molar-refractivity contribution in [2.24, 2.45) is 0 Å². The van der Waals surface area contributed by atoms with Gasteiger partial charge in [0.15, 0.2) is 5.82 Å². The molecule has 2 saturated heterocycles. The molecule has 30 heavy (non-hydrogen) atoms. The molecule has 2 fully saturated rings. The third kappa shape index (κ3) is 3.70. The van der Waals surface area contributed by atoms with Gasteiger partial charge < -0.3 is 14.7 Å². The number of phenols is 1. The van der Waals surface area contributed by atoms with Crippen LogP contribution in [-0.2, 0) is 4.74 Å². The number of fused-ring (bicyclic) bond motifs is 1. The summed E-state index contributed by atoms with van der Waals surface area (Å²) >= 11 is 0. The molecule has 0 saturated carbocycles. The molecule has 0 aliphatic carbocycles. The molecule has 0 unspecified atom stereocenters.